The van der Waals surface area contributed by atoms with Gasteiger partial charge in [-0.3, -0.25) is 0 Å². The van der Waals surface area contributed by atoms with Crippen LogP contribution in [-0.2, 0) is 13.5 Å². The zero-order valence-corrected chi connectivity index (χ0v) is 14.2. The van der Waals surface area contributed by atoms with Crippen molar-refractivity contribution in [3.05, 3.63) is 46.9 Å². The fourth-order valence-electron chi connectivity index (χ4n) is 2.05. The number of rotatable bonds is 6. The highest BCUT2D eigenvalue weighted by atomic mass is 32.2. The average molecular weight is 335 g/mol. The van der Waals surface area contributed by atoms with Gasteiger partial charge >= 0.3 is 0 Å². The molecule has 0 saturated carbocycles. The Hall–Kier alpha value is -1.24. The van der Waals surface area contributed by atoms with E-state index in [-0.39, 0.29) is 0 Å². The lowest BCUT2D eigenvalue weighted by Gasteiger charge is -2.00. The minimum atomic E-state index is 1.01. The lowest BCUT2D eigenvalue weighted by atomic mass is 10.2. The molecule has 0 atom stereocenters. The van der Waals surface area contributed by atoms with Gasteiger partial charge in [-0.1, -0.05) is 6.07 Å². The van der Waals surface area contributed by atoms with Gasteiger partial charge in [0.1, 0.15) is 17.8 Å². The highest BCUT2D eigenvalue weighted by Crippen LogP contribution is 2.29. The van der Waals surface area contributed by atoms with E-state index in [0.717, 1.165) is 28.5 Å². The zero-order chi connectivity index (χ0) is 14.5. The molecule has 21 heavy (non-hydrogen) atoms. The van der Waals surface area contributed by atoms with E-state index in [0.29, 0.717) is 0 Å². The van der Waals surface area contributed by atoms with Crippen molar-refractivity contribution in [1.82, 2.24) is 8.75 Å². The quantitative estimate of drug-likeness (QED) is 0.390. The van der Waals surface area contributed by atoms with E-state index in [1.165, 1.54) is 23.0 Å². The Bertz CT molecular complexity index is 692. The van der Waals surface area contributed by atoms with Crippen LogP contribution in [0.25, 0.3) is 11.3 Å². The second-order valence-corrected chi connectivity index (χ2v) is 7.35. The van der Waals surface area contributed by atoms with Crippen molar-refractivity contribution in [2.45, 2.75) is 17.9 Å². The summed E-state index contributed by atoms with van der Waals surface area (Å²) >= 11 is 4.94. The molecule has 3 heterocycles. The van der Waals surface area contributed by atoms with E-state index in [1.54, 1.807) is 0 Å². The van der Waals surface area contributed by atoms with Crippen LogP contribution in [0.1, 0.15) is 11.3 Å². The van der Waals surface area contributed by atoms with Crippen LogP contribution in [0.5, 0.6) is 0 Å². The molecule has 0 bridgehead atoms. The van der Waals surface area contributed by atoms with Crippen LogP contribution < -0.4 is 4.57 Å². The zero-order valence-electron chi connectivity index (χ0n) is 11.7. The molecule has 0 unspecified atom stereocenters. The first-order valence-corrected chi connectivity index (χ1v) is 9.36. The number of aromatic nitrogens is 3. The summed E-state index contributed by atoms with van der Waals surface area (Å²) in [6, 6.07) is 8.45. The van der Waals surface area contributed by atoms with E-state index in [9.17, 15) is 0 Å². The lowest BCUT2D eigenvalue weighted by Crippen LogP contribution is -2.26. The second-order valence-electron chi connectivity index (χ2n) is 4.71. The van der Waals surface area contributed by atoms with Gasteiger partial charge in [0, 0.05) is 10.9 Å². The molecule has 108 valence electrons. The third kappa shape index (κ3) is 3.90. The molecule has 3 aromatic heterocycles. The number of aryl methyl sites for hydroxylation is 2. The molecular weight excluding hydrogens is 318 g/mol. The molecule has 3 aromatic rings. The molecule has 0 N–H and O–H groups in total. The average Bonchev–Trinajstić information content (AvgIpc) is 3.15. The third-order valence-corrected chi connectivity index (χ3v) is 5.69. The van der Waals surface area contributed by atoms with Crippen LogP contribution in [0.4, 0.5) is 0 Å². The molecule has 6 heteroatoms. The summed E-state index contributed by atoms with van der Waals surface area (Å²) < 4.78 is 10.9. The van der Waals surface area contributed by atoms with Crippen LogP contribution in [0.15, 0.2) is 47.1 Å². The third-order valence-electron chi connectivity index (χ3n) is 3.06. The predicted octanol–water partition coefficient (Wildman–Crippen LogP) is 3.82. The second kappa shape index (κ2) is 7.15. The summed E-state index contributed by atoms with van der Waals surface area (Å²) in [7, 11) is 2.02. The van der Waals surface area contributed by atoms with Crippen molar-refractivity contribution in [3.63, 3.8) is 0 Å². The minimum Gasteiger partial charge on any atom is -0.207 e. The van der Waals surface area contributed by atoms with Crippen LogP contribution >= 0.6 is 34.8 Å². The minimum absolute atomic E-state index is 1.01. The largest absolute Gasteiger partial charge is 0.207 e. The Morgan fingerprint density at radius 2 is 2.19 bits per heavy atom. The summed E-state index contributed by atoms with van der Waals surface area (Å²) in [6.07, 6.45) is 6.44. The van der Waals surface area contributed by atoms with Crippen molar-refractivity contribution in [2.24, 2.45) is 7.05 Å². The first-order valence-electron chi connectivity index (χ1n) is 6.76. The van der Waals surface area contributed by atoms with E-state index in [4.69, 9.17) is 0 Å². The summed E-state index contributed by atoms with van der Waals surface area (Å²) in [6.45, 7) is 0. The van der Waals surface area contributed by atoms with Crippen LogP contribution in [0, 0.1) is 0 Å². The fourth-order valence-corrected chi connectivity index (χ4v) is 4.43. The van der Waals surface area contributed by atoms with E-state index < -0.39 is 0 Å². The summed E-state index contributed by atoms with van der Waals surface area (Å²) in [5.41, 5.74) is 2.15. The summed E-state index contributed by atoms with van der Waals surface area (Å²) in [5, 5.41) is 3.19. The van der Waals surface area contributed by atoms with Crippen molar-refractivity contribution in [2.75, 3.05) is 5.75 Å². The van der Waals surface area contributed by atoms with Crippen molar-refractivity contribution in [1.29, 1.82) is 0 Å². The van der Waals surface area contributed by atoms with E-state index in [2.05, 4.69) is 38.5 Å². The maximum absolute atomic E-state index is 4.45. The smallest absolute Gasteiger partial charge is 0.178 e. The molecule has 0 spiro atoms. The molecule has 3 nitrogen and oxygen atoms in total. The Morgan fingerprint density at radius 3 is 3.00 bits per heavy atom. The van der Waals surface area contributed by atoms with E-state index >= 15 is 0 Å². The van der Waals surface area contributed by atoms with Gasteiger partial charge in [0.15, 0.2) is 12.4 Å². The highest BCUT2D eigenvalue weighted by Gasteiger charge is 2.13. The van der Waals surface area contributed by atoms with Gasteiger partial charge in [-0.25, -0.2) is 4.57 Å². The summed E-state index contributed by atoms with van der Waals surface area (Å²) in [5.74, 6) is 1.08. The Labute approximate surface area is 137 Å². The number of pyridine rings is 1. The standard InChI is InChI=1S/C15H16N3S3/c1-18-8-2-5-12(11-18)14-15(17-21-16-14)20-10-4-7-13-6-3-9-19-13/h2-3,5-6,8-9,11H,4,7,10H2,1H3/q+1. The topological polar surface area (TPSA) is 29.7 Å². The van der Waals surface area contributed by atoms with Gasteiger partial charge in [0.25, 0.3) is 0 Å². The molecule has 0 aliphatic heterocycles. The number of hydrogen-bond donors (Lipinski definition) is 0. The van der Waals surface area contributed by atoms with Gasteiger partial charge < -0.3 is 0 Å². The molecule has 0 aliphatic rings. The lowest BCUT2D eigenvalue weighted by molar-refractivity contribution is -0.671. The van der Waals surface area contributed by atoms with Crippen LogP contribution in [0.2, 0.25) is 0 Å². The number of hydrogen-bond acceptors (Lipinski definition) is 5. The molecule has 0 radical (unpaired) electrons. The number of nitrogens with zero attached hydrogens (tertiary/aromatic N) is 3. The first kappa shape index (κ1) is 14.7. The Morgan fingerprint density at radius 1 is 1.24 bits per heavy atom. The van der Waals surface area contributed by atoms with Gasteiger partial charge in [-0.15, -0.1) is 23.1 Å². The molecule has 0 fully saturated rings. The van der Waals surface area contributed by atoms with E-state index in [1.807, 2.05) is 47.0 Å². The molecule has 0 aromatic carbocycles. The van der Waals surface area contributed by atoms with Gasteiger partial charge in [-0.05, 0) is 36.1 Å². The van der Waals surface area contributed by atoms with Gasteiger partial charge in [0.2, 0.25) is 0 Å². The van der Waals surface area contributed by atoms with Crippen LogP contribution in [0.3, 0.4) is 0 Å². The number of thioether (sulfide) groups is 1. The molecule has 3 rings (SSSR count). The first-order chi connectivity index (χ1) is 10.3. The Balaban J connectivity index is 1.60. The predicted molar refractivity (Wildman–Crippen MR) is 89.9 cm³/mol. The Kier molecular flexibility index (Phi) is 5.00. The van der Waals surface area contributed by atoms with Crippen LogP contribution in [-0.4, -0.2) is 14.5 Å². The maximum atomic E-state index is 4.45. The molecule has 0 amide bonds. The van der Waals surface area contributed by atoms with Crippen molar-refractivity contribution >= 4 is 34.8 Å². The number of thiophene rings is 1. The van der Waals surface area contributed by atoms with Gasteiger partial charge in [0.05, 0.1) is 17.3 Å². The molecular formula is C15H16N3S3+. The SMILES string of the molecule is C[n+]1cccc(-c2nsnc2SCCCc2cccs2)c1. The van der Waals surface area contributed by atoms with Gasteiger partial charge in [-0.2, -0.15) is 8.75 Å². The molecule has 0 saturated heterocycles. The maximum Gasteiger partial charge on any atom is 0.178 e. The fraction of sp³-hybridized carbons (Fsp3) is 0.267. The van der Waals surface area contributed by atoms with Crippen molar-refractivity contribution < 1.29 is 4.57 Å². The van der Waals surface area contributed by atoms with Crippen molar-refractivity contribution in [3.8, 4) is 11.3 Å². The molecule has 0 aliphatic carbocycles. The monoisotopic (exact) mass is 334 g/mol. The normalized spacial score (nSPS) is 10.9. The summed E-state index contributed by atoms with van der Waals surface area (Å²) in [4.78, 5) is 1.46. The highest BCUT2D eigenvalue weighted by molar-refractivity contribution is 7.99.